The summed E-state index contributed by atoms with van der Waals surface area (Å²) in [6.45, 7) is 2.14. The summed E-state index contributed by atoms with van der Waals surface area (Å²) in [5.41, 5.74) is -0.115. The highest BCUT2D eigenvalue weighted by atomic mass is 35.5. The van der Waals surface area contributed by atoms with E-state index in [-0.39, 0.29) is 17.4 Å². The molecule has 1 fully saturated rings. The van der Waals surface area contributed by atoms with Crippen LogP contribution in [0.15, 0.2) is 12.2 Å². The van der Waals surface area contributed by atoms with Crippen LogP contribution < -0.4 is 0 Å². The first-order valence-electron chi connectivity index (χ1n) is 4.88. The number of carbonyl (C=O) groups excluding carboxylic acids is 1. The Morgan fingerprint density at radius 3 is 3.07 bits per heavy atom. The van der Waals surface area contributed by atoms with E-state index in [4.69, 9.17) is 16.3 Å². The lowest BCUT2D eigenvalue weighted by Gasteiger charge is -2.30. The molecule has 0 N–H and O–H groups in total. The first-order valence-corrected chi connectivity index (χ1v) is 5.42. The Labute approximate surface area is 88.7 Å². The van der Waals surface area contributed by atoms with Crippen LogP contribution in [0, 0.1) is 0 Å². The first-order chi connectivity index (χ1) is 6.76. The second kappa shape index (κ2) is 3.91. The van der Waals surface area contributed by atoms with Crippen LogP contribution in [0.5, 0.6) is 0 Å². The Morgan fingerprint density at radius 1 is 1.57 bits per heavy atom. The standard InChI is InChI=1S/C10H14ClNO2/c11-7-9(13)12-5-4-10(8-12)3-1-2-6-14-10/h1-2H,3-8H2. The second-order valence-electron chi connectivity index (χ2n) is 3.87. The Morgan fingerprint density at radius 2 is 2.43 bits per heavy atom. The fraction of sp³-hybridized carbons (Fsp3) is 0.700. The van der Waals surface area contributed by atoms with Crippen LogP contribution in [-0.2, 0) is 9.53 Å². The third kappa shape index (κ3) is 1.79. The van der Waals surface area contributed by atoms with E-state index in [1.54, 1.807) is 4.90 Å². The summed E-state index contributed by atoms with van der Waals surface area (Å²) in [6, 6.07) is 0. The molecule has 2 rings (SSSR count). The highest BCUT2D eigenvalue weighted by molar-refractivity contribution is 6.27. The van der Waals surface area contributed by atoms with Gasteiger partial charge in [0.2, 0.25) is 5.91 Å². The minimum Gasteiger partial charge on any atom is -0.369 e. The molecule has 0 aliphatic carbocycles. The molecular formula is C10H14ClNO2. The maximum atomic E-state index is 11.4. The Kier molecular flexibility index (Phi) is 2.79. The number of likely N-dealkylation sites (tertiary alicyclic amines) is 1. The SMILES string of the molecule is O=C(CCl)N1CCC2(CC=CCO2)C1. The average Bonchev–Trinajstić information content (AvgIpc) is 2.62. The van der Waals surface area contributed by atoms with Gasteiger partial charge in [0.25, 0.3) is 0 Å². The van der Waals surface area contributed by atoms with Crippen LogP contribution in [0.3, 0.4) is 0 Å². The number of hydrogen-bond donors (Lipinski definition) is 0. The summed E-state index contributed by atoms with van der Waals surface area (Å²) in [4.78, 5) is 13.2. The minimum absolute atomic E-state index is 0.0155. The number of amides is 1. The van der Waals surface area contributed by atoms with Crippen LogP contribution in [0.1, 0.15) is 12.8 Å². The largest absolute Gasteiger partial charge is 0.369 e. The normalized spacial score (nSPS) is 31.4. The summed E-state index contributed by atoms with van der Waals surface area (Å²) in [5.74, 6) is 0.0908. The van der Waals surface area contributed by atoms with Crippen molar-refractivity contribution in [2.24, 2.45) is 0 Å². The van der Waals surface area contributed by atoms with Gasteiger partial charge in [-0.3, -0.25) is 4.79 Å². The van der Waals surface area contributed by atoms with Crippen molar-refractivity contribution in [2.75, 3.05) is 25.6 Å². The van der Waals surface area contributed by atoms with E-state index in [2.05, 4.69) is 6.08 Å². The van der Waals surface area contributed by atoms with E-state index in [0.717, 1.165) is 19.4 Å². The smallest absolute Gasteiger partial charge is 0.237 e. The van der Waals surface area contributed by atoms with Crippen molar-refractivity contribution in [3.05, 3.63) is 12.2 Å². The van der Waals surface area contributed by atoms with Gasteiger partial charge in [0.1, 0.15) is 5.88 Å². The molecular weight excluding hydrogens is 202 g/mol. The quantitative estimate of drug-likeness (QED) is 0.486. The molecule has 78 valence electrons. The zero-order valence-electron chi connectivity index (χ0n) is 8.04. The molecule has 0 aromatic carbocycles. The van der Waals surface area contributed by atoms with Crippen molar-refractivity contribution in [2.45, 2.75) is 18.4 Å². The van der Waals surface area contributed by atoms with Gasteiger partial charge in [-0.1, -0.05) is 12.2 Å². The molecule has 0 bridgehead atoms. The van der Waals surface area contributed by atoms with Gasteiger partial charge in [0.05, 0.1) is 18.8 Å². The average molecular weight is 216 g/mol. The molecule has 0 aromatic rings. The topological polar surface area (TPSA) is 29.5 Å². The van der Waals surface area contributed by atoms with Gasteiger partial charge in [0, 0.05) is 6.54 Å². The van der Waals surface area contributed by atoms with Crippen molar-refractivity contribution in [3.8, 4) is 0 Å². The van der Waals surface area contributed by atoms with Gasteiger partial charge in [-0.2, -0.15) is 0 Å². The maximum Gasteiger partial charge on any atom is 0.237 e. The molecule has 2 heterocycles. The van der Waals surface area contributed by atoms with Crippen molar-refractivity contribution < 1.29 is 9.53 Å². The van der Waals surface area contributed by atoms with Crippen molar-refractivity contribution in [1.82, 2.24) is 4.90 Å². The van der Waals surface area contributed by atoms with Crippen LogP contribution in [0.25, 0.3) is 0 Å². The molecule has 0 saturated carbocycles. The van der Waals surface area contributed by atoms with E-state index < -0.39 is 0 Å². The minimum atomic E-state index is -0.115. The third-order valence-electron chi connectivity index (χ3n) is 2.93. The van der Waals surface area contributed by atoms with Crippen LogP contribution in [0.4, 0.5) is 0 Å². The molecule has 4 heteroatoms. The van der Waals surface area contributed by atoms with Gasteiger partial charge in [-0.25, -0.2) is 0 Å². The van der Waals surface area contributed by atoms with Crippen molar-refractivity contribution in [1.29, 1.82) is 0 Å². The van der Waals surface area contributed by atoms with Crippen LogP contribution in [-0.4, -0.2) is 42.0 Å². The Balaban J connectivity index is 1.99. The number of nitrogens with zero attached hydrogens (tertiary/aromatic N) is 1. The highest BCUT2D eigenvalue weighted by Gasteiger charge is 2.40. The lowest BCUT2D eigenvalue weighted by molar-refractivity contribution is -0.129. The van der Waals surface area contributed by atoms with Gasteiger partial charge < -0.3 is 9.64 Å². The number of alkyl halides is 1. The van der Waals surface area contributed by atoms with Crippen LogP contribution >= 0.6 is 11.6 Å². The Bertz CT molecular complexity index is 267. The molecule has 1 saturated heterocycles. The van der Waals surface area contributed by atoms with Gasteiger partial charge >= 0.3 is 0 Å². The molecule has 1 atom stereocenters. The number of rotatable bonds is 1. The molecule has 1 unspecified atom stereocenters. The number of hydrogen-bond acceptors (Lipinski definition) is 2. The molecule has 3 nitrogen and oxygen atoms in total. The molecule has 1 spiro atoms. The van der Waals surface area contributed by atoms with E-state index in [0.29, 0.717) is 13.2 Å². The van der Waals surface area contributed by atoms with Gasteiger partial charge in [0.15, 0.2) is 0 Å². The third-order valence-corrected chi connectivity index (χ3v) is 3.15. The summed E-state index contributed by atoms with van der Waals surface area (Å²) in [5, 5.41) is 0. The summed E-state index contributed by atoms with van der Waals surface area (Å²) < 4.78 is 5.73. The van der Waals surface area contributed by atoms with Crippen molar-refractivity contribution in [3.63, 3.8) is 0 Å². The maximum absolute atomic E-state index is 11.4. The van der Waals surface area contributed by atoms with E-state index >= 15 is 0 Å². The molecule has 0 radical (unpaired) electrons. The molecule has 2 aliphatic rings. The van der Waals surface area contributed by atoms with Crippen molar-refractivity contribution >= 4 is 17.5 Å². The number of ether oxygens (including phenoxy) is 1. The number of carbonyl (C=O) groups is 1. The van der Waals surface area contributed by atoms with Gasteiger partial charge in [-0.05, 0) is 12.8 Å². The molecule has 2 aliphatic heterocycles. The predicted octanol–water partition coefficient (Wildman–Crippen LogP) is 1.17. The first kappa shape index (κ1) is 9.99. The lowest BCUT2D eigenvalue weighted by atomic mass is 9.97. The Hall–Kier alpha value is -0.540. The van der Waals surface area contributed by atoms with Crippen LogP contribution in [0.2, 0.25) is 0 Å². The second-order valence-corrected chi connectivity index (χ2v) is 4.14. The zero-order valence-corrected chi connectivity index (χ0v) is 8.79. The highest BCUT2D eigenvalue weighted by Crippen LogP contribution is 2.31. The lowest BCUT2D eigenvalue weighted by Crippen LogP contribution is -2.39. The van der Waals surface area contributed by atoms with E-state index in [1.165, 1.54) is 0 Å². The molecule has 14 heavy (non-hydrogen) atoms. The fourth-order valence-electron chi connectivity index (χ4n) is 2.08. The monoisotopic (exact) mass is 215 g/mol. The fourth-order valence-corrected chi connectivity index (χ4v) is 2.25. The molecule has 0 aromatic heterocycles. The summed E-state index contributed by atoms with van der Waals surface area (Å²) in [6.07, 6.45) is 6.01. The van der Waals surface area contributed by atoms with E-state index in [1.807, 2.05) is 6.08 Å². The molecule has 1 amide bonds. The zero-order chi connectivity index (χ0) is 10.0. The number of halogens is 1. The van der Waals surface area contributed by atoms with E-state index in [9.17, 15) is 4.79 Å². The van der Waals surface area contributed by atoms with Gasteiger partial charge in [-0.15, -0.1) is 11.6 Å². The predicted molar refractivity (Wildman–Crippen MR) is 54.4 cm³/mol. The summed E-state index contributed by atoms with van der Waals surface area (Å²) >= 11 is 5.51. The summed E-state index contributed by atoms with van der Waals surface area (Å²) in [7, 11) is 0.